The summed E-state index contributed by atoms with van der Waals surface area (Å²) in [6, 6.07) is 0. The van der Waals surface area contributed by atoms with E-state index in [0.717, 1.165) is 23.7 Å². The fraction of sp³-hybridized carbons (Fsp3) is 1.00. The molecule has 0 amide bonds. The first-order valence-electron chi connectivity index (χ1n) is 7.38. The van der Waals surface area contributed by atoms with Gasteiger partial charge in [-0.1, -0.05) is 74.7 Å². The van der Waals surface area contributed by atoms with Crippen LogP contribution in [0.1, 0.15) is 81.1 Å². The fourth-order valence-corrected chi connectivity index (χ4v) is 2.20. The van der Waals surface area contributed by atoms with Crippen molar-refractivity contribution in [3.05, 3.63) is 0 Å². The maximum atomic E-state index is 2.32. The van der Waals surface area contributed by atoms with Gasteiger partial charge in [0.2, 0.25) is 0 Å². The van der Waals surface area contributed by atoms with E-state index in [-0.39, 0.29) is 0 Å². The molecule has 0 aromatic carbocycles. The van der Waals surface area contributed by atoms with Crippen LogP contribution >= 0.6 is 0 Å². The predicted octanol–water partition coefficient (Wildman–Crippen LogP) is 6.16. The standard InChI is InChI=1S/2C8H18/c1-5-8(4)6-7(2)3;1-5-8(6-2)7(3)4/h2*7-8H,5-6H2,1-4H3. The van der Waals surface area contributed by atoms with Crippen molar-refractivity contribution in [3.8, 4) is 0 Å². The number of hydrogen-bond donors (Lipinski definition) is 0. The Morgan fingerprint density at radius 3 is 1.19 bits per heavy atom. The summed E-state index contributed by atoms with van der Waals surface area (Å²) in [7, 11) is 0. The van der Waals surface area contributed by atoms with Gasteiger partial charge in [0, 0.05) is 0 Å². The molecule has 0 aliphatic carbocycles. The quantitative estimate of drug-likeness (QED) is 0.511. The normalized spacial score (nSPS) is 12.9. The van der Waals surface area contributed by atoms with Gasteiger partial charge in [-0.2, -0.15) is 0 Å². The van der Waals surface area contributed by atoms with E-state index in [4.69, 9.17) is 0 Å². The molecule has 16 heavy (non-hydrogen) atoms. The molecule has 0 aliphatic heterocycles. The van der Waals surface area contributed by atoms with Gasteiger partial charge in [0.15, 0.2) is 0 Å². The van der Waals surface area contributed by atoms with Gasteiger partial charge in [-0.05, 0) is 30.1 Å². The molecule has 0 spiro atoms. The molecule has 1 unspecified atom stereocenters. The van der Waals surface area contributed by atoms with Crippen LogP contribution in [-0.4, -0.2) is 0 Å². The molecule has 0 heterocycles. The fourth-order valence-electron chi connectivity index (χ4n) is 2.20. The molecule has 1 atom stereocenters. The summed E-state index contributed by atoms with van der Waals surface area (Å²) in [4.78, 5) is 0. The van der Waals surface area contributed by atoms with Gasteiger partial charge >= 0.3 is 0 Å². The van der Waals surface area contributed by atoms with Crippen LogP contribution in [0.25, 0.3) is 0 Å². The third-order valence-corrected chi connectivity index (χ3v) is 3.56. The molecule has 0 radical (unpaired) electrons. The second-order valence-electron chi connectivity index (χ2n) is 5.96. The van der Waals surface area contributed by atoms with Gasteiger partial charge in [0.1, 0.15) is 0 Å². The first-order chi connectivity index (χ1) is 7.38. The van der Waals surface area contributed by atoms with E-state index < -0.39 is 0 Å². The van der Waals surface area contributed by atoms with Crippen molar-refractivity contribution in [2.75, 3.05) is 0 Å². The summed E-state index contributed by atoms with van der Waals surface area (Å²) >= 11 is 0. The Balaban J connectivity index is 0. The Labute approximate surface area is 105 Å². The Bertz CT molecular complexity index is 120. The molecule has 0 fully saturated rings. The zero-order valence-electron chi connectivity index (χ0n) is 13.1. The Hall–Kier alpha value is 0. The lowest BCUT2D eigenvalue weighted by atomic mass is 9.91. The highest BCUT2D eigenvalue weighted by Gasteiger charge is 2.06. The van der Waals surface area contributed by atoms with Crippen molar-refractivity contribution >= 4 is 0 Å². The summed E-state index contributed by atoms with van der Waals surface area (Å²) in [6.45, 7) is 18.3. The molecule has 0 aliphatic rings. The van der Waals surface area contributed by atoms with Crippen molar-refractivity contribution in [2.24, 2.45) is 23.7 Å². The van der Waals surface area contributed by atoms with E-state index in [1.165, 1.54) is 25.7 Å². The molecule has 0 N–H and O–H groups in total. The Morgan fingerprint density at radius 2 is 1.12 bits per heavy atom. The monoisotopic (exact) mass is 228 g/mol. The van der Waals surface area contributed by atoms with Crippen LogP contribution in [0.5, 0.6) is 0 Å². The lowest BCUT2D eigenvalue weighted by molar-refractivity contribution is 0.362. The zero-order valence-corrected chi connectivity index (χ0v) is 13.1. The van der Waals surface area contributed by atoms with E-state index in [9.17, 15) is 0 Å². The minimum Gasteiger partial charge on any atom is -0.0651 e. The molecule has 0 bridgehead atoms. The molecule has 0 heteroatoms. The average molecular weight is 228 g/mol. The molecule has 0 rings (SSSR count). The van der Waals surface area contributed by atoms with Gasteiger partial charge in [0.25, 0.3) is 0 Å². The van der Waals surface area contributed by atoms with Crippen LogP contribution < -0.4 is 0 Å². The second kappa shape index (κ2) is 11.5. The van der Waals surface area contributed by atoms with Crippen molar-refractivity contribution in [2.45, 2.75) is 81.1 Å². The maximum absolute atomic E-state index is 2.32. The van der Waals surface area contributed by atoms with E-state index in [0.29, 0.717) is 0 Å². The molecular weight excluding hydrogens is 192 g/mol. The molecule has 0 saturated carbocycles. The summed E-state index contributed by atoms with van der Waals surface area (Å²) in [5.74, 6) is 3.64. The van der Waals surface area contributed by atoms with Crippen LogP contribution in [0.3, 0.4) is 0 Å². The molecular formula is C16H36. The van der Waals surface area contributed by atoms with Crippen molar-refractivity contribution in [1.82, 2.24) is 0 Å². The topological polar surface area (TPSA) is 0 Å². The predicted molar refractivity (Wildman–Crippen MR) is 77.8 cm³/mol. The first-order valence-corrected chi connectivity index (χ1v) is 7.38. The highest BCUT2D eigenvalue weighted by Crippen LogP contribution is 2.17. The van der Waals surface area contributed by atoms with Crippen LogP contribution in [0.15, 0.2) is 0 Å². The van der Waals surface area contributed by atoms with Gasteiger partial charge in [0.05, 0.1) is 0 Å². The Morgan fingerprint density at radius 1 is 0.688 bits per heavy atom. The van der Waals surface area contributed by atoms with Crippen LogP contribution in [-0.2, 0) is 0 Å². The summed E-state index contributed by atoms with van der Waals surface area (Å²) in [5.41, 5.74) is 0. The van der Waals surface area contributed by atoms with Gasteiger partial charge in [-0.15, -0.1) is 0 Å². The number of hydrogen-bond acceptors (Lipinski definition) is 0. The maximum Gasteiger partial charge on any atom is -0.0396 e. The van der Waals surface area contributed by atoms with Crippen molar-refractivity contribution in [3.63, 3.8) is 0 Å². The lowest BCUT2D eigenvalue weighted by Crippen LogP contribution is -2.04. The second-order valence-corrected chi connectivity index (χ2v) is 5.96. The number of rotatable bonds is 6. The smallest absolute Gasteiger partial charge is 0.0396 e. The van der Waals surface area contributed by atoms with Crippen LogP contribution in [0.4, 0.5) is 0 Å². The minimum absolute atomic E-state index is 0.880. The van der Waals surface area contributed by atoms with E-state index >= 15 is 0 Å². The van der Waals surface area contributed by atoms with Crippen LogP contribution in [0, 0.1) is 23.7 Å². The Kier molecular flexibility index (Phi) is 13.2. The van der Waals surface area contributed by atoms with Gasteiger partial charge < -0.3 is 0 Å². The molecule has 0 saturated heterocycles. The van der Waals surface area contributed by atoms with Gasteiger partial charge in [-0.25, -0.2) is 0 Å². The highest BCUT2D eigenvalue weighted by atomic mass is 14.1. The molecule has 0 nitrogen and oxygen atoms in total. The van der Waals surface area contributed by atoms with E-state index in [1.807, 2.05) is 0 Å². The molecule has 0 aromatic heterocycles. The average Bonchev–Trinajstić information content (AvgIpc) is 2.19. The van der Waals surface area contributed by atoms with E-state index in [1.54, 1.807) is 0 Å². The largest absolute Gasteiger partial charge is 0.0651 e. The zero-order chi connectivity index (χ0) is 13.1. The SMILES string of the molecule is CCC(C)CC(C)C.CCC(CC)C(C)C. The summed E-state index contributed by atoms with van der Waals surface area (Å²) in [6.07, 6.45) is 5.40. The van der Waals surface area contributed by atoms with Crippen molar-refractivity contribution < 1.29 is 0 Å². The first kappa shape index (κ1) is 18.4. The van der Waals surface area contributed by atoms with E-state index in [2.05, 4.69) is 55.4 Å². The minimum atomic E-state index is 0.880. The highest BCUT2D eigenvalue weighted by molar-refractivity contribution is 4.57. The van der Waals surface area contributed by atoms with Crippen molar-refractivity contribution in [1.29, 1.82) is 0 Å². The molecule has 0 aromatic rings. The summed E-state index contributed by atoms with van der Waals surface area (Å²) in [5, 5.41) is 0. The van der Waals surface area contributed by atoms with Gasteiger partial charge in [-0.3, -0.25) is 0 Å². The summed E-state index contributed by atoms with van der Waals surface area (Å²) < 4.78 is 0. The van der Waals surface area contributed by atoms with Crippen LogP contribution in [0.2, 0.25) is 0 Å². The third-order valence-electron chi connectivity index (χ3n) is 3.56. The third kappa shape index (κ3) is 12.1. The lowest BCUT2D eigenvalue weighted by Gasteiger charge is -2.15. The molecule has 100 valence electrons.